The molecule has 4 aromatic heterocycles. The molecule has 5 N–H and O–H groups in total. The number of aromatic nitrogens is 5. The lowest BCUT2D eigenvalue weighted by Crippen LogP contribution is -2.61. The number of hydrazone groups is 1. The number of hydrogen-bond donors (Lipinski definition) is 5. The van der Waals surface area contributed by atoms with Crippen LogP contribution in [0.4, 0.5) is 10.3 Å². The number of halogens is 3. The number of benzene rings is 4. The van der Waals surface area contributed by atoms with Crippen LogP contribution in [0.5, 0.6) is 0 Å². The smallest absolute Gasteiger partial charge is 0.538 e. The third kappa shape index (κ3) is 18.8. The molecule has 8 aromatic rings. The Morgan fingerprint density at radius 3 is 1.59 bits per heavy atom. The molecule has 3 fully saturated rings. The summed E-state index contributed by atoms with van der Waals surface area (Å²) in [5, 5.41) is 35.1. The van der Waals surface area contributed by atoms with Crippen molar-refractivity contribution in [1.82, 2.24) is 46.0 Å². The van der Waals surface area contributed by atoms with Crippen molar-refractivity contribution in [3.63, 3.8) is 0 Å². The van der Waals surface area contributed by atoms with Crippen LogP contribution in [0.3, 0.4) is 0 Å². The molecule has 15 nitrogen and oxygen atoms in total. The molecule has 1 aliphatic carbocycles. The fourth-order valence-corrected chi connectivity index (χ4v) is 18.0. The molecule has 8 heterocycles. The van der Waals surface area contributed by atoms with E-state index in [2.05, 4.69) is 243 Å². The van der Waals surface area contributed by atoms with Gasteiger partial charge in [0.1, 0.15) is 11.6 Å². The number of fused-ring (bicyclic) bond motifs is 5. The highest BCUT2D eigenvalue weighted by Crippen LogP contribution is 2.40. The van der Waals surface area contributed by atoms with Crippen LogP contribution in [0.15, 0.2) is 117 Å². The van der Waals surface area contributed by atoms with E-state index >= 15 is 0 Å². The van der Waals surface area contributed by atoms with Gasteiger partial charge in [0.15, 0.2) is 28.0 Å². The summed E-state index contributed by atoms with van der Waals surface area (Å²) in [4.78, 5) is 18.7. The topological polar surface area (TPSA) is 156 Å². The predicted octanol–water partition coefficient (Wildman–Crippen LogP) is 15.9. The molecule has 0 saturated carbocycles. The van der Waals surface area contributed by atoms with Gasteiger partial charge in [-0.15, -0.1) is 11.3 Å². The average molecular weight is 1430 g/mol. The van der Waals surface area contributed by atoms with Gasteiger partial charge in [-0.2, -0.15) is 5.10 Å². The predicted molar refractivity (Wildman–Crippen MR) is 394 cm³/mol. The normalized spacial score (nSPS) is 20.3. The second kappa shape index (κ2) is 28.5. The molecule has 22 heteroatoms. The SMILES string of the molecule is C.CN(c1nc2ccc(-c3ccc4nn(C)cc4c3)cc2s1)C1CC(C)(C)NC(C)(C)C1.CN(c1nc2ccc(Br)cc2s1)C1CC(C)(C)NC(C)(C)C1.CNC1CC(C)(C)NC(C)(C)C1.C[N+]1=CC2C=C(O[B]O)C=CC2=N1.Clc1nc2ccc(Br)cc2s1. The van der Waals surface area contributed by atoms with Crippen LogP contribution in [0.2, 0.25) is 4.47 Å². The molecule has 0 amide bonds. The van der Waals surface area contributed by atoms with Gasteiger partial charge in [-0.1, -0.05) is 90.4 Å². The van der Waals surface area contributed by atoms with Gasteiger partial charge < -0.3 is 40.7 Å². The summed E-state index contributed by atoms with van der Waals surface area (Å²) in [6.07, 6.45) is 16.5. The lowest BCUT2D eigenvalue weighted by atomic mass is 9.79. The van der Waals surface area contributed by atoms with Crippen LogP contribution in [0, 0.1) is 5.92 Å². The Kier molecular flexibility index (Phi) is 22.6. The van der Waals surface area contributed by atoms with Crippen molar-refractivity contribution < 1.29 is 14.4 Å². The Hall–Kier alpha value is -4.65. The second-order valence-corrected chi connectivity index (χ2v) is 33.7. The van der Waals surface area contributed by atoms with Crippen molar-refractivity contribution in [2.24, 2.45) is 18.1 Å². The highest BCUT2D eigenvalue weighted by Gasteiger charge is 2.42. The summed E-state index contributed by atoms with van der Waals surface area (Å²) in [5.41, 5.74) is 8.68. The van der Waals surface area contributed by atoms with E-state index in [1.165, 1.54) is 50.1 Å². The Morgan fingerprint density at radius 2 is 1.09 bits per heavy atom. The van der Waals surface area contributed by atoms with Crippen LogP contribution in [0.1, 0.15) is 129 Å². The van der Waals surface area contributed by atoms with Crippen molar-refractivity contribution in [2.45, 2.75) is 180 Å². The number of rotatable bonds is 8. The van der Waals surface area contributed by atoms with E-state index in [-0.39, 0.29) is 46.6 Å². The van der Waals surface area contributed by atoms with E-state index < -0.39 is 0 Å². The van der Waals surface area contributed by atoms with E-state index in [1.54, 1.807) is 33.4 Å². The number of thiazole rings is 3. The van der Waals surface area contributed by atoms with Crippen LogP contribution in [0.25, 0.3) is 52.7 Å². The number of aryl methyl sites for hydroxylation is 1. The zero-order valence-electron chi connectivity index (χ0n) is 54.7. The Bertz CT molecular complexity index is 3890. The molecular formula is C68H93BBr2ClN13O2S3+. The zero-order chi connectivity index (χ0) is 64.6. The lowest BCUT2D eigenvalue weighted by molar-refractivity contribution is -0.495. The minimum Gasteiger partial charge on any atom is -0.538 e. The van der Waals surface area contributed by atoms with Crippen molar-refractivity contribution in [3.05, 3.63) is 116 Å². The van der Waals surface area contributed by atoms with Gasteiger partial charge in [0.05, 0.1) is 41.9 Å². The Morgan fingerprint density at radius 1 is 0.644 bits per heavy atom. The minimum absolute atomic E-state index is 0. The first-order valence-corrected chi connectivity index (χ1v) is 34.9. The van der Waals surface area contributed by atoms with Gasteiger partial charge in [-0.3, -0.25) is 4.68 Å². The van der Waals surface area contributed by atoms with E-state index in [4.69, 9.17) is 31.2 Å². The first-order chi connectivity index (χ1) is 41.6. The zero-order valence-corrected chi connectivity index (χ0v) is 61.1. The highest BCUT2D eigenvalue weighted by molar-refractivity contribution is 9.10. The molecule has 5 aliphatic rings. The molecule has 90 heavy (non-hydrogen) atoms. The van der Waals surface area contributed by atoms with Gasteiger partial charge >= 0.3 is 7.69 Å². The maximum Gasteiger partial charge on any atom is 0.569 e. The first kappa shape index (κ1) is 71.2. The molecule has 4 aliphatic heterocycles. The van der Waals surface area contributed by atoms with Gasteiger partial charge in [-0.05, 0) is 224 Å². The van der Waals surface area contributed by atoms with E-state index in [1.807, 2.05) is 55.3 Å². The van der Waals surface area contributed by atoms with Gasteiger partial charge in [-0.25, -0.2) is 15.0 Å². The summed E-state index contributed by atoms with van der Waals surface area (Å²) in [6, 6.07) is 26.9. The van der Waals surface area contributed by atoms with E-state index in [0.717, 1.165) is 77.4 Å². The first-order valence-electron chi connectivity index (χ1n) is 30.5. The van der Waals surface area contributed by atoms with Crippen LogP contribution < -0.4 is 31.1 Å². The van der Waals surface area contributed by atoms with Crippen molar-refractivity contribution in [3.8, 4) is 11.1 Å². The number of anilines is 2. The molecule has 483 valence electrons. The summed E-state index contributed by atoms with van der Waals surface area (Å²) < 4.78 is 14.8. The Balaban J connectivity index is 0.000000155. The van der Waals surface area contributed by atoms with Crippen LogP contribution >= 0.6 is 77.5 Å². The summed E-state index contributed by atoms with van der Waals surface area (Å²) in [6.45, 7) is 27.5. The summed E-state index contributed by atoms with van der Waals surface area (Å²) >= 11 is 17.7. The third-order valence-electron chi connectivity index (χ3n) is 16.6. The highest BCUT2D eigenvalue weighted by atomic mass is 79.9. The number of piperidine rings is 3. The largest absolute Gasteiger partial charge is 0.569 e. The number of nitrogens with zero attached hydrogens (tertiary/aromatic N) is 9. The van der Waals surface area contributed by atoms with E-state index in [9.17, 15) is 0 Å². The summed E-state index contributed by atoms with van der Waals surface area (Å²) in [7, 11) is 11.0. The molecule has 1 atom stereocenters. The monoisotopic (exact) mass is 1420 g/mol. The Labute approximate surface area is 568 Å². The lowest BCUT2D eigenvalue weighted by Gasteiger charge is -2.49. The molecule has 3 saturated heterocycles. The molecule has 13 rings (SSSR count). The molecular weight excluding hydrogens is 1330 g/mol. The van der Waals surface area contributed by atoms with Gasteiger partial charge in [0.2, 0.25) is 0 Å². The fourth-order valence-electron chi connectivity index (χ4n) is 13.8. The molecule has 4 aromatic carbocycles. The second-order valence-electron chi connectivity index (χ2n) is 28.3. The quantitative estimate of drug-likeness (QED) is 0.0726. The fraction of sp³-hybridized carbons (Fsp3) is 0.500. The van der Waals surface area contributed by atoms with E-state index in [0.29, 0.717) is 36.0 Å². The number of hydrogen-bond acceptors (Lipinski definition) is 16. The minimum atomic E-state index is 0. The van der Waals surface area contributed by atoms with Gasteiger partial charge in [0.25, 0.3) is 0 Å². The van der Waals surface area contributed by atoms with Crippen molar-refractivity contribution >= 4 is 149 Å². The number of nitrogens with one attached hydrogen (secondary N) is 4. The molecule has 1 radical (unpaired) electrons. The molecule has 0 bridgehead atoms. The average Bonchev–Trinajstić information content (AvgIpc) is 1.33. The summed E-state index contributed by atoms with van der Waals surface area (Å²) in [5.74, 6) is 0.808. The van der Waals surface area contributed by atoms with Crippen molar-refractivity contribution in [1.29, 1.82) is 0 Å². The third-order valence-corrected chi connectivity index (χ3v) is 20.9. The number of allylic oxidation sites excluding steroid dienone is 3. The van der Waals surface area contributed by atoms with Crippen molar-refractivity contribution in [2.75, 3.05) is 38.0 Å². The maximum absolute atomic E-state index is 8.44. The van der Waals surface area contributed by atoms with Crippen LogP contribution in [-0.4, -0.2) is 134 Å². The standard InChI is InChI=1S/C25H31N5S.C17H24BrN3S.C10H22N2.C8H9BN2O2.C7H3BrClNS.CH4/c1-24(2)13-19(14-25(3,4)28-24)30(6)23-26-21-10-8-17(12-22(21)31-23)16-7-9-20-18(11-16)15-29(5)27-20;1-16(2)9-12(10-17(3,4)20-16)21(5)15-19-13-7-6-11(18)8-14(13)22-15;1-9(2)6-8(11-5)7-10(3,4)12-9;1-11-5-6-4-7(13-9-12)2-3-8(6)10-11;8-4-1-2-5-6(3-4)11-7(9)10-5;/h7-12,15,19,28H,13-14H2,1-6H3;6-8,12,20H,9-10H2,1-5H3;8,11-12H,6-7H2,1-5H3;2-6,12H,1H3;1-3H;1H4/q;;;+1;;. The molecule has 0 spiro atoms. The van der Waals surface area contributed by atoms with Crippen LogP contribution in [-0.2, 0) is 11.7 Å². The maximum atomic E-state index is 8.44. The van der Waals surface area contributed by atoms with Gasteiger partial charge in [0, 0.05) is 93.0 Å². The molecule has 1 unspecified atom stereocenters.